The van der Waals surface area contributed by atoms with Gasteiger partial charge in [0.05, 0.1) is 0 Å². The van der Waals surface area contributed by atoms with E-state index in [1.165, 1.54) is 21.1 Å². The summed E-state index contributed by atoms with van der Waals surface area (Å²) in [6, 6.07) is 31.3. The Hall–Kier alpha value is -2.12. The van der Waals surface area contributed by atoms with E-state index in [0.717, 1.165) is 0 Å². The standard InChI is InChI=1S/C23H26Si/c1-23(2,3)19-15-17-22(18-16-19)24(4,20-11-7-5-8-12-20)21-13-9-6-10-14-21/h5-18H,1-4H3. The van der Waals surface area contributed by atoms with Crippen molar-refractivity contribution in [1.29, 1.82) is 0 Å². The molecule has 0 aliphatic rings. The summed E-state index contributed by atoms with van der Waals surface area (Å²) in [6.07, 6.45) is 0. The largest absolute Gasteiger partial charge is 0.145 e. The Morgan fingerprint density at radius 1 is 0.542 bits per heavy atom. The third-order valence-corrected chi connectivity index (χ3v) is 9.49. The summed E-state index contributed by atoms with van der Waals surface area (Å²) in [6.45, 7) is 9.27. The Labute approximate surface area is 147 Å². The maximum Gasteiger partial charge on any atom is 0.145 e. The van der Waals surface area contributed by atoms with E-state index in [1.54, 1.807) is 0 Å². The van der Waals surface area contributed by atoms with E-state index < -0.39 is 8.07 Å². The van der Waals surface area contributed by atoms with E-state index >= 15 is 0 Å². The summed E-state index contributed by atoms with van der Waals surface area (Å²) in [5.74, 6) is 0. The van der Waals surface area contributed by atoms with Crippen molar-refractivity contribution in [1.82, 2.24) is 0 Å². The van der Waals surface area contributed by atoms with E-state index in [9.17, 15) is 0 Å². The summed E-state index contributed by atoms with van der Waals surface area (Å²) in [7, 11) is -1.96. The lowest BCUT2D eigenvalue weighted by Gasteiger charge is -2.30. The predicted molar refractivity (Wildman–Crippen MR) is 109 cm³/mol. The SMILES string of the molecule is CC(C)(C)c1ccc([Si](C)(c2ccccc2)c2ccccc2)cc1. The molecule has 3 aromatic carbocycles. The first-order chi connectivity index (χ1) is 11.4. The van der Waals surface area contributed by atoms with Gasteiger partial charge in [-0.2, -0.15) is 0 Å². The highest BCUT2D eigenvalue weighted by atomic mass is 28.3. The Bertz CT molecular complexity index is 741. The van der Waals surface area contributed by atoms with E-state index in [2.05, 4.69) is 112 Å². The Morgan fingerprint density at radius 2 is 0.917 bits per heavy atom. The molecule has 0 atom stereocenters. The van der Waals surface area contributed by atoms with Gasteiger partial charge in [-0.1, -0.05) is 112 Å². The average molecular weight is 331 g/mol. The quantitative estimate of drug-likeness (QED) is 0.501. The monoisotopic (exact) mass is 330 g/mol. The van der Waals surface area contributed by atoms with Crippen LogP contribution in [-0.4, -0.2) is 8.07 Å². The van der Waals surface area contributed by atoms with Gasteiger partial charge in [-0.25, -0.2) is 0 Å². The molecule has 0 aliphatic heterocycles. The van der Waals surface area contributed by atoms with Crippen LogP contribution >= 0.6 is 0 Å². The highest BCUT2D eigenvalue weighted by Crippen LogP contribution is 2.21. The summed E-state index contributed by atoms with van der Waals surface area (Å²) < 4.78 is 0. The van der Waals surface area contributed by atoms with Crippen molar-refractivity contribution in [3.05, 3.63) is 90.5 Å². The van der Waals surface area contributed by atoms with Gasteiger partial charge >= 0.3 is 0 Å². The lowest BCUT2D eigenvalue weighted by atomic mass is 9.87. The molecule has 0 saturated heterocycles. The molecule has 0 amide bonds. The smallest absolute Gasteiger partial charge is 0.0624 e. The van der Waals surface area contributed by atoms with Crippen LogP contribution in [-0.2, 0) is 5.41 Å². The van der Waals surface area contributed by atoms with Gasteiger partial charge in [-0.15, -0.1) is 0 Å². The lowest BCUT2D eigenvalue weighted by Crippen LogP contribution is -2.64. The highest BCUT2D eigenvalue weighted by Gasteiger charge is 2.33. The van der Waals surface area contributed by atoms with E-state index in [1.807, 2.05) is 0 Å². The van der Waals surface area contributed by atoms with Crippen LogP contribution in [0.25, 0.3) is 0 Å². The second kappa shape index (κ2) is 6.41. The molecule has 1 heteroatoms. The van der Waals surface area contributed by atoms with Gasteiger partial charge in [0.1, 0.15) is 8.07 Å². The molecule has 3 aromatic rings. The van der Waals surface area contributed by atoms with E-state index in [4.69, 9.17) is 0 Å². The van der Waals surface area contributed by atoms with Gasteiger partial charge < -0.3 is 0 Å². The topological polar surface area (TPSA) is 0 Å². The van der Waals surface area contributed by atoms with Crippen molar-refractivity contribution in [2.24, 2.45) is 0 Å². The molecule has 0 bridgehead atoms. The Morgan fingerprint density at radius 3 is 1.29 bits per heavy atom. The minimum Gasteiger partial charge on any atom is -0.0624 e. The maximum absolute atomic E-state index is 2.46. The first kappa shape index (κ1) is 16.7. The second-order valence-electron chi connectivity index (χ2n) is 7.68. The van der Waals surface area contributed by atoms with Gasteiger partial charge in [0.25, 0.3) is 0 Å². The Balaban J connectivity index is 2.16. The molecular formula is C23H26Si. The molecule has 0 aromatic heterocycles. The number of benzene rings is 3. The molecule has 0 unspecified atom stereocenters. The molecule has 0 radical (unpaired) electrons. The normalized spacial score (nSPS) is 12.2. The third kappa shape index (κ3) is 3.09. The van der Waals surface area contributed by atoms with Gasteiger partial charge in [0, 0.05) is 0 Å². The van der Waals surface area contributed by atoms with Gasteiger partial charge in [-0.05, 0) is 26.5 Å². The summed E-state index contributed by atoms with van der Waals surface area (Å²) in [5.41, 5.74) is 1.58. The van der Waals surface area contributed by atoms with Gasteiger partial charge in [0.15, 0.2) is 0 Å². The predicted octanol–water partition coefficient (Wildman–Crippen LogP) is 4.08. The zero-order valence-corrected chi connectivity index (χ0v) is 16.1. The molecule has 0 spiro atoms. The molecule has 0 saturated carbocycles. The molecule has 0 aliphatic carbocycles. The van der Waals surface area contributed by atoms with Gasteiger partial charge in [0.2, 0.25) is 0 Å². The van der Waals surface area contributed by atoms with Crippen LogP contribution in [0, 0.1) is 0 Å². The third-order valence-electron chi connectivity index (χ3n) is 5.03. The fraction of sp³-hybridized carbons (Fsp3) is 0.217. The first-order valence-electron chi connectivity index (χ1n) is 8.64. The molecule has 0 fully saturated rings. The van der Waals surface area contributed by atoms with Crippen molar-refractivity contribution >= 4 is 23.6 Å². The molecule has 24 heavy (non-hydrogen) atoms. The minimum atomic E-state index is -1.96. The Kier molecular flexibility index (Phi) is 4.47. The average Bonchev–Trinajstić information content (AvgIpc) is 2.62. The van der Waals surface area contributed by atoms with Crippen LogP contribution in [0.3, 0.4) is 0 Å². The highest BCUT2D eigenvalue weighted by molar-refractivity contribution is 7.10. The maximum atomic E-state index is 2.46. The minimum absolute atomic E-state index is 0.190. The van der Waals surface area contributed by atoms with Crippen molar-refractivity contribution in [2.45, 2.75) is 32.7 Å². The van der Waals surface area contributed by atoms with Crippen LogP contribution in [0.5, 0.6) is 0 Å². The lowest BCUT2D eigenvalue weighted by molar-refractivity contribution is 0.590. The summed E-state index contributed by atoms with van der Waals surface area (Å²) in [5, 5.41) is 4.38. The number of rotatable bonds is 3. The zero-order chi connectivity index (χ0) is 17.2. The van der Waals surface area contributed by atoms with Crippen LogP contribution in [0.1, 0.15) is 26.3 Å². The fourth-order valence-corrected chi connectivity index (χ4v) is 6.90. The molecule has 0 nitrogen and oxygen atoms in total. The number of hydrogen-bond donors (Lipinski definition) is 0. The van der Waals surface area contributed by atoms with Crippen molar-refractivity contribution < 1.29 is 0 Å². The van der Waals surface area contributed by atoms with Crippen molar-refractivity contribution in [2.75, 3.05) is 0 Å². The van der Waals surface area contributed by atoms with Crippen LogP contribution in [0.15, 0.2) is 84.9 Å². The molecule has 0 heterocycles. The second-order valence-corrected chi connectivity index (χ2v) is 11.7. The molecule has 0 N–H and O–H groups in total. The zero-order valence-electron chi connectivity index (χ0n) is 15.1. The van der Waals surface area contributed by atoms with Crippen LogP contribution < -0.4 is 15.6 Å². The summed E-state index contributed by atoms with van der Waals surface area (Å²) >= 11 is 0. The van der Waals surface area contributed by atoms with Gasteiger partial charge in [-0.3, -0.25) is 0 Å². The van der Waals surface area contributed by atoms with Crippen LogP contribution in [0.2, 0.25) is 6.55 Å². The molecule has 122 valence electrons. The van der Waals surface area contributed by atoms with Crippen molar-refractivity contribution in [3.8, 4) is 0 Å². The first-order valence-corrected chi connectivity index (χ1v) is 11.1. The van der Waals surface area contributed by atoms with Crippen LogP contribution in [0.4, 0.5) is 0 Å². The van der Waals surface area contributed by atoms with Crippen molar-refractivity contribution in [3.63, 3.8) is 0 Å². The fourth-order valence-electron chi connectivity index (χ4n) is 3.35. The summed E-state index contributed by atoms with van der Waals surface area (Å²) in [4.78, 5) is 0. The molecule has 3 rings (SSSR count). The number of hydrogen-bond acceptors (Lipinski definition) is 0. The van der Waals surface area contributed by atoms with E-state index in [0.29, 0.717) is 0 Å². The molecular weight excluding hydrogens is 304 g/mol. The van der Waals surface area contributed by atoms with E-state index in [-0.39, 0.29) is 5.41 Å².